The minimum Gasteiger partial charge on any atom is -0.380 e. The quantitative estimate of drug-likeness (QED) is 0.775. The highest BCUT2D eigenvalue weighted by molar-refractivity contribution is 7.89. The summed E-state index contributed by atoms with van der Waals surface area (Å²) in [4.78, 5) is 1.45. The molecule has 0 bridgehead atoms. The Morgan fingerprint density at radius 1 is 1.48 bits per heavy atom. The van der Waals surface area contributed by atoms with Gasteiger partial charge < -0.3 is 10.1 Å². The van der Waals surface area contributed by atoms with Gasteiger partial charge in [0.15, 0.2) is 0 Å². The first-order valence-corrected chi connectivity index (χ1v) is 9.35. The van der Waals surface area contributed by atoms with Crippen LogP contribution in [0.15, 0.2) is 28.0 Å². The van der Waals surface area contributed by atoms with E-state index in [0.717, 1.165) is 17.8 Å². The highest BCUT2D eigenvalue weighted by Gasteiger charge is 2.26. The zero-order chi connectivity index (χ0) is 15.3. The van der Waals surface area contributed by atoms with E-state index in [2.05, 4.69) is 5.32 Å². The number of rotatable bonds is 7. The molecule has 2 rings (SSSR count). The SMILES string of the molecule is CCNCc1cc(S(=O)(=O)N2CC=C(COC)CC2)cs1. The molecule has 0 aliphatic carbocycles. The number of thiophene rings is 1. The van der Waals surface area contributed by atoms with Gasteiger partial charge in [-0.05, 0) is 24.6 Å². The summed E-state index contributed by atoms with van der Waals surface area (Å²) < 4.78 is 31.8. The van der Waals surface area contributed by atoms with Gasteiger partial charge in [-0.3, -0.25) is 0 Å². The van der Waals surface area contributed by atoms with Gasteiger partial charge in [0.1, 0.15) is 0 Å². The van der Waals surface area contributed by atoms with Crippen LogP contribution < -0.4 is 5.32 Å². The summed E-state index contributed by atoms with van der Waals surface area (Å²) in [6, 6.07) is 1.77. The van der Waals surface area contributed by atoms with Crippen molar-refractivity contribution in [2.24, 2.45) is 0 Å². The maximum Gasteiger partial charge on any atom is 0.244 e. The van der Waals surface area contributed by atoms with Crippen molar-refractivity contribution in [1.82, 2.24) is 9.62 Å². The molecule has 0 atom stereocenters. The minimum absolute atomic E-state index is 0.406. The summed E-state index contributed by atoms with van der Waals surface area (Å²) in [5.41, 5.74) is 1.17. The third-order valence-electron chi connectivity index (χ3n) is 3.41. The first-order chi connectivity index (χ1) is 10.1. The first-order valence-electron chi connectivity index (χ1n) is 7.03. The van der Waals surface area contributed by atoms with Gasteiger partial charge in [-0.2, -0.15) is 4.31 Å². The largest absolute Gasteiger partial charge is 0.380 e. The molecule has 0 fully saturated rings. The molecular formula is C14H22N2O3S2. The fraction of sp³-hybridized carbons (Fsp3) is 0.571. The third kappa shape index (κ3) is 4.14. The summed E-state index contributed by atoms with van der Waals surface area (Å²) in [7, 11) is -1.72. The van der Waals surface area contributed by atoms with E-state index < -0.39 is 10.0 Å². The van der Waals surface area contributed by atoms with E-state index in [4.69, 9.17) is 4.74 Å². The molecular weight excluding hydrogens is 308 g/mol. The molecule has 1 aliphatic rings. The Morgan fingerprint density at radius 3 is 2.90 bits per heavy atom. The molecule has 0 unspecified atom stereocenters. The lowest BCUT2D eigenvalue weighted by Gasteiger charge is -2.25. The van der Waals surface area contributed by atoms with E-state index >= 15 is 0 Å². The smallest absolute Gasteiger partial charge is 0.244 e. The molecule has 0 amide bonds. The van der Waals surface area contributed by atoms with Gasteiger partial charge in [-0.15, -0.1) is 11.3 Å². The second kappa shape index (κ2) is 7.51. The Labute approximate surface area is 130 Å². The lowest BCUT2D eigenvalue weighted by atomic mass is 10.1. The van der Waals surface area contributed by atoms with Crippen LogP contribution >= 0.6 is 11.3 Å². The Kier molecular flexibility index (Phi) is 5.95. The van der Waals surface area contributed by atoms with Crippen LogP contribution in [0.25, 0.3) is 0 Å². The maximum absolute atomic E-state index is 12.6. The van der Waals surface area contributed by atoms with Crippen molar-refractivity contribution >= 4 is 21.4 Å². The number of methoxy groups -OCH3 is 1. The van der Waals surface area contributed by atoms with Crippen molar-refractivity contribution in [2.75, 3.05) is 33.4 Å². The molecule has 1 N–H and O–H groups in total. The average Bonchev–Trinajstić information content (AvgIpc) is 2.96. The van der Waals surface area contributed by atoms with Gasteiger partial charge >= 0.3 is 0 Å². The molecule has 1 aromatic rings. The molecule has 2 heterocycles. The van der Waals surface area contributed by atoms with E-state index in [9.17, 15) is 8.42 Å². The number of hydrogen-bond donors (Lipinski definition) is 1. The normalized spacial score (nSPS) is 17.0. The summed E-state index contributed by atoms with van der Waals surface area (Å²) in [5, 5.41) is 4.94. The number of nitrogens with one attached hydrogen (secondary N) is 1. The summed E-state index contributed by atoms with van der Waals surface area (Å²) in [6.45, 7) is 5.16. The molecule has 0 saturated carbocycles. The lowest BCUT2D eigenvalue weighted by Crippen LogP contribution is -2.35. The Bertz CT molecular complexity index is 593. The van der Waals surface area contributed by atoms with E-state index in [-0.39, 0.29) is 0 Å². The molecule has 1 aliphatic heterocycles. The fourth-order valence-electron chi connectivity index (χ4n) is 2.21. The molecule has 0 radical (unpaired) electrons. The zero-order valence-corrected chi connectivity index (χ0v) is 14.1. The van der Waals surface area contributed by atoms with Gasteiger partial charge in [-0.1, -0.05) is 13.0 Å². The van der Waals surface area contributed by atoms with E-state index in [1.807, 2.05) is 13.0 Å². The van der Waals surface area contributed by atoms with Crippen LogP contribution in [-0.2, 0) is 21.3 Å². The molecule has 7 heteroatoms. The first kappa shape index (κ1) is 16.6. The van der Waals surface area contributed by atoms with Gasteiger partial charge in [0.2, 0.25) is 10.0 Å². The predicted octanol–water partition coefficient (Wildman–Crippen LogP) is 1.82. The third-order valence-corrected chi connectivity index (χ3v) is 6.34. The van der Waals surface area contributed by atoms with Crippen LogP contribution in [0.2, 0.25) is 0 Å². The topological polar surface area (TPSA) is 58.6 Å². The fourth-order valence-corrected chi connectivity index (χ4v) is 4.83. The summed E-state index contributed by atoms with van der Waals surface area (Å²) in [6.07, 6.45) is 2.69. The van der Waals surface area contributed by atoms with E-state index in [1.54, 1.807) is 18.6 Å². The molecule has 1 aromatic heterocycles. The molecule has 0 spiro atoms. The average molecular weight is 330 g/mol. The molecule has 21 heavy (non-hydrogen) atoms. The zero-order valence-electron chi connectivity index (χ0n) is 12.5. The van der Waals surface area contributed by atoms with Crippen molar-refractivity contribution in [3.05, 3.63) is 28.0 Å². The highest BCUT2D eigenvalue weighted by atomic mass is 32.2. The van der Waals surface area contributed by atoms with Gasteiger partial charge in [0.25, 0.3) is 0 Å². The van der Waals surface area contributed by atoms with Crippen LogP contribution in [-0.4, -0.2) is 46.1 Å². The standard InChI is InChI=1S/C14H22N2O3S2/c1-3-15-9-13-8-14(11-20-13)21(17,18)16-6-4-12(5-7-16)10-19-2/h4,8,11,15H,3,5-7,9-10H2,1-2H3. The Morgan fingerprint density at radius 2 is 2.29 bits per heavy atom. The summed E-state index contributed by atoms with van der Waals surface area (Å²) >= 11 is 1.49. The van der Waals surface area contributed by atoms with E-state index in [0.29, 0.717) is 31.1 Å². The number of hydrogen-bond acceptors (Lipinski definition) is 5. The van der Waals surface area contributed by atoms with Gasteiger partial charge in [0, 0.05) is 37.0 Å². The van der Waals surface area contributed by atoms with Crippen molar-refractivity contribution in [3.8, 4) is 0 Å². The predicted molar refractivity (Wildman–Crippen MR) is 85.0 cm³/mol. The van der Waals surface area contributed by atoms with Gasteiger partial charge in [0.05, 0.1) is 11.5 Å². The lowest BCUT2D eigenvalue weighted by molar-refractivity contribution is 0.219. The number of sulfonamides is 1. The second-order valence-electron chi connectivity index (χ2n) is 4.94. The van der Waals surface area contributed by atoms with Gasteiger partial charge in [-0.25, -0.2) is 8.42 Å². The molecule has 5 nitrogen and oxygen atoms in total. The van der Waals surface area contributed by atoms with Crippen molar-refractivity contribution in [1.29, 1.82) is 0 Å². The number of nitrogens with zero attached hydrogens (tertiary/aromatic N) is 1. The van der Waals surface area contributed by atoms with Crippen LogP contribution in [0, 0.1) is 0 Å². The molecule has 0 aromatic carbocycles. The minimum atomic E-state index is -3.37. The van der Waals surface area contributed by atoms with Crippen molar-refractivity contribution < 1.29 is 13.2 Å². The molecule has 118 valence electrons. The van der Waals surface area contributed by atoms with E-state index in [1.165, 1.54) is 21.2 Å². The summed E-state index contributed by atoms with van der Waals surface area (Å²) in [5.74, 6) is 0. The van der Waals surface area contributed by atoms with Crippen molar-refractivity contribution in [3.63, 3.8) is 0 Å². The highest BCUT2D eigenvalue weighted by Crippen LogP contribution is 2.25. The van der Waals surface area contributed by atoms with Crippen LogP contribution in [0.5, 0.6) is 0 Å². The molecule has 0 saturated heterocycles. The van der Waals surface area contributed by atoms with Crippen LogP contribution in [0.1, 0.15) is 18.2 Å². The maximum atomic E-state index is 12.6. The van der Waals surface area contributed by atoms with Crippen LogP contribution in [0.3, 0.4) is 0 Å². The van der Waals surface area contributed by atoms with Crippen molar-refractivity contribution in [2.45, 2.75) is 24.8 Å². The van der Waals surface area contributed by atoms with Crippen LogP contribution in [0.4, 0.5) is 0 Å². The Hall–Kier alpha value is -0.730. The Balaban J connectivity index is 2.06. The second-order valence-corrected chi connectivity index (χ2v) is 7.87. The monoisotopic (exact) mass is 330 g/mol. The number of ether oxygens (including phenoxy) is 1.